The fourth-order valence-corrected chi connectivity index (χ4v) is 5.10. The van der Waals surface area contributed by atoms with Gasteiger partial charge >= 0.3 is 0 Å². The second kappa shape index (κ2) is 11.5. The molecule has 10 heteroatoms. The van der Waals surface area contributed by atoms with Crippen LogP contribution >= 0.6 is 11.8 Å². The highest BCUT2D eigenvalue weighted by molar-refractivity contribution is 8.00. The van der Waals surface area contributed by atoms with E-state index in [0.717, 1.165) is 11.1 Å². The lowest BCUT2D eigenvalue weighted by Crippen LogP contribution is -2.22. The van der Waals surface area contributed by atoms with Crippen LogP contribution in [0.15, 0.2) is 94.9 Å². The van der Waals surface area contributed by atoms with Crippen molar-refractivity contribution in [3.05, 3.63) is 90.5 Å². The molecule has 1 aromatic heterocycles. The van der Waals surface area contributed by atoms with Crippen molar-refractivity contribution in [3.8, 4) is 34.2 Å². The minimum absolute atomic E-state index is 0.0513. The van der Waals surface area contributed by atoms with Crippen LogP contribution in [0.5, 0.6) is 5.75 Å². The Morgan fingerprint density at radius 3 is 2.26 bits per heavy atom. The SMILES string of the molecule is COc1ccc(-c2cc(-c3ccccc3)nc(SC(C)C(=O)Nc3ccc(S(N)(=O)=O)cc3)c2C#N)cc1. The molecule has 38 heavy (non-hydrogen) atoms. The number of benzene rings is 3. The Labute approximate surface area is 225 Å². The van der Waals surface area contributed by atoms with Gasteiger partial charge in [0, 0.05) is 16.8 Å². The standard InChI is InChI=1S/C28H24N4O4S2/c1-18(27(33)31-21-10-14-23(15-11-21)38(30,34)35)37-28-25(17-29)24(19-8-12-22(36-2)13-9-19)16-26(32-28)20-6-4-3-5-7-20/h3-16,18H,1-2H3,(H,31,33)(H2,30,34,35). The molecule has 0 saturated heterocycles. The molecule has 0 radical (unpaired) electrons. The number of amides is 1. The first-order valence-corrected chi connectivity index (χ1v) is 13.9. The number of nitrogens with one attached hydrogen (secondary N) is 1. The van der Waals surface area contributed by atoms with Crippen molar-refractivity contribution in [1.82, 2.24) is 4.98 Å². The van der Waals surface area contributed by atoms with Crippen LogP contribution in [0.1, 0.15) is 12.5 Å². The van der Waals surface area contributed by atoms with Gasteiger partial charge in [-0.2, -0.15) is 5.26 Å². The first-order valence-electron chi connectivity index (χ1n) is 11.4. The zero-order valence-electron chi connectivity index (χ0n) is 20.6. The largest absolute Gasteiger partial charge is 0.497 e. The first-order chi connectivity index (χ1) is 18.2. The number of carbonyl (C=O) groups is 1. The summed E-state index contributed by atoms with van der Waals surface area (Å²) in [6.07, 6.45) is 0. The van der Waals surface area contributed by atoms with Gasteiger partial charge in [-0.1, -0.05) is 54.2 Å². The number of pyridine rings is 1. The number of aromatic nitrogens is 1. The van der Waals surface area contributed by atoms with Crippen LogP contribution in [-0.4, -0.2) is 31.7 Å². The molecule has 0 aliphatic carbocycles. The lowest BCUT2D eigenvalue weighted by atomic mass is 9.99. The molecule has 4 rings (SSSR count). The average Bonchev–Trinajstić information content (AvgIpc) is 2.93. The first kappa shape index (κ1) is 26.9. The molecule has 0 fully saturated rings. The molecule has 1 atom stereocenters. The predicted octanol–water partition coefficient (Wildman–Crippen LogP) is 5.06. The van der Waals surface area contributed by atoms with Crippen LogP contribution in [0.3, 0.4) is 0 Å². The third-order valence-corrected chi connectivity index (χ3v) is 7.69. The number of carbonyl (C=O) groups excluding carboxylic acids is 1. The summed E-state index contributed by atoms with van der Waals surface area (Å²) < 4.78 is 28.2. The Kier molecular flexibility index (Phi) is 8.12. The van der Waals surface area contributed by atoms with Crippen molar-refractivity contribution in [2.45, 2.75) is 22.1 Å². The van der Waals surface area contributed by atoms with Gasteiger partial charge in [0.15, 0.2) is 0 Å². The number of nitriles is 1. The van der Waals surface area contributed by atoms with E-state index >= 15 is 0 Å². The topological polar surface area (TPSA) is 135 Å². The van der Waals surface area contributed by atoms with Crippen LogP contribution in [0.25, 0.3) is 22.4 Å². The Hall–Kier alpha value is -4.17. The summed E-state index contributed by atoms with van der Waals surface area (Å²) in [6, 6.07) is 26.7. The molecular weight excluding hydrogens is 520 g/mol. The molecule has 1 heterocycles. The number of methoxy groups -OCH3 is 1. The summed E-state index contributed by atoms with van der Waals surface area (Å²) in [5.41, 5.74) is 3.83. The Bertz CT molecular complexity index is 1600. The average molecular weight is 545 g/mol. The molecule has 3 aromatic carbocycles. The molecule has 3 N–H and O–H groups in total. The number of hydrogen-bond donors (Lipinski definition) is 2. The van der Waals surface area contributed by atoms with Crippen molar-refractivity contribution in [2.24, 2.45) is 5.14 Å². The highest BCUT2D eigenvalue weighted by Crippen LogP contribution is 2.36. The monoisotopic (exact) mass is 544 g/mol. The molecule has 0 bridgehead atoms. The van der Waals surface area contributed by atoms with Crippen molar-refractivity contribution in [3.63, 3.8) is 0 Å². The number of thioether (sulfide) groups is 1. The number of nitrogens with zero attached hydrogens (tertiary/aromatic N) is 2. The van der Waals surface area contributed by atoms with E-state index in [1.165, 1.54) is 36.0 Å². The van der Waals surface area contributed by atoms with Crippen molar-refractivity contribution in [1.29, 1.82) is 5.26 Å². The Morgan fingerprint density at radius 1 is 1.03 bits per heavy atom. The lowest BCUT2D eigenvalue weighted by molar-refractivity contribution is -0.115. The summed E-state index contributed by atoms with van der Waals surface area (Å²) in [7, 11) is -2.24. The van der Waals surface area contributed by atoms with Crippen molar-refractivity contribution >= 4 is 33.4 Å². The van der Waals surface area contributed by atoms with Crippen LogP contribution < -0.4 is 15.2 Å². The van der Waals surface area contributed by atoms with Gasteiger partial charge in [0.1, 0.15) is 16.8 Å². The lowest BCUT2D eigenvalue weighted by Gasteiger charge is -2.16. The number of ether oxygens (including phenoxy) is 1. The second-order valence-electron chi connectivity index (χ2n) is 8.26. The molecule has 0 saturated carbocycles. The van der Waals surface area contributed by atoms with Gasteiger partial charge in [-0.05, 0) is 55.0 Å². The van der Waals surface area contributed by atoms with E-state index in [1.54, 1.807) is 14.0 Å². The Balaban J connectivity index is 1.67. The number of nitrogens with two attached hydrogens (primary N) is 1. The number of anilines is 1. The smallest absolute Gasteiger partial charge is 0.238 e. The van der Waals surface area contributed by atoms with Crippen LogP contribution in [-0.2, 0) is 14.8 Å². The third kappa shape index (κ3) is 6.20. The van der Waals surface area contributed by atoms with E-state index in [2.05, 4.69) is 11.4 Å². The number of sulfonamides is 1. The maximum atomic E-state index is 13.0. The molecule has 0 aliphatic heterocycles. The summed E-state index contributed by atoms with van der Waals surface area (Å²) in [5, 5.41) is 17.8. The highest BCUT2D eigenvalue weighted by Gasteiger charge is 2.22. The van der Waals surface area contributed by atoms with Gasteiger partial charge in [0.05, 0.1) is 28.5 Å². The van der Waals surface area contributed by atoms with E-state index in [-0.39, 0.29) is 10.8 Å². The minimum Gasteiger partial charge on any atom is -0.497 e. The molecule has 1 unspecified atom stereocenters. The summed E-state index contributed by atoms with van der Waals surface area (Å²) >= 11 is 1.17. The van der Waals surface area contributed by atoms with E-state index in [0.29, 0.717) is 33.3 Å². The predicted molar refractivity (Wildman–Crippen MR) is 148 cm³/mol. The summed E-state index contributed by atoms with van der Waals surface area (Å²) in [4.78, 5) is 17.7. The molecule has 0 spiro atoms. The molecule has 4 aromatic rings. The molecule has 192 valence electrons. The normalized spacial score (nSPS) is 11.8. The Morgan fingerprint density at radius 2 is 1.68 bits per heavy atom. The molecule has 1 amide bonds. The maximum Gasteiger partial charge on any atom is 0.238 e. The van der Waals surface area contributed by atoms with E-state index in [1.807, 2.05) is 60.7 Å². The highest BCUT2D eigenvalue weighted by atomic mass is 32.2. The number of primary sulfonamides is 1. The van der Waals surface area contributed by atoms with Gasteiger partial charge in [-0.3, -0.25) is 4.79 Å². The van der Waals surface area contributed by atoms with Crippen LogP contribution in [0, 0.1) is 11.3 Å². The van der Waals surface area contributed by atoms with E-state index in [4.69, 9.17) is 14.9 Å². The second-order valence-corrected chi connectivity index (χ2v) is 11.2. The quantitative estimate of drug-likeness (QED) is 0.296. The molecular formula is C28H24N4O4S2. The van der Waals surface area contributed by atoms with Gasteiger partial charge in [0.25, 0.3) is 0 Å². The van der Waals surface area contributed by atoms with Crippen LogP contribution in [0.2, 0.25) is 0 Å². The third-order valence-electron chi connectivity index (χ3n) is 5.68. The fraction of sp³-hybridized carbons (Fsp3) is 0.107. The van der Waals surface area contributed by atoms with Gasteiger partial charge in [-0.25, -0.2) is 18.5 Å². The van der Waals surface area contributed by atoms with E-state index < -0.39 is 15.3 Å². The van der Waals surface area contributed by atoms with E-state index in [9.17, 15) is 18.5 Å². The van der Waals surface area contributed by atoms with Gasteiger partial charge < -0.3 is 10.1 Å². The van der Waals surface area contributed by atoms with Crippen molar-refractivity contribution < 1.29 is 17.9 Å². The maximum absolute atomic E-state index is 13.0. The van der Waals surface area contributed by atoms with Crippen molar-refractivity contribution in [2.75, 3.05) is 12.4 Å². The number of rotatable bonds is 8. The molecule has 8 nitrogen and oxygen atoms in total. The zero-order chi connectivity index (χ0) is 27.3. The van der Waals surface area contributed by atoms with Crippen LogP contribution in [0.4, 0.5) is 5.69 Å². The summed E-state index contributed by atoms with van der Waals surface area (Å²) in [6.45, 7) is 1.71. The number of hydrogen-bond acceptors (Lipinski definition) is 7. The van der Waals surface area contributed by atoms with Gasteiger partial charge in [0.2, 0.25) is 15.9 Å². The zero-order valence-corrected chi connectivity index (χ0v) is 22.2. The van der Waals surface area contributed by atoms with Gasteiger partial charge in [-0.15, -0.1) is 0 Å². The minimum atomic E-state index is -3.83. The summed E-state index contributed by atoms with van der Waals surface area (Å²) in [5.74, 6) is 0.363. The molecule has 0 aliphatic rings. The fourth-order valence-electron chi connectivity index (χ4n) is 3.66.